The van der Waals surface area contributed by atoms with E-state index in [0.29, 0.717) is 19.6 Å². The molecule has 0 spiro atoms. The van der Waals surface area contributed by atoms with E-state index in [2.05, 4.69) is 0 Å². The fourth-order valence-electron chi connectivity index (χ4n) is 2.60. The maximum atomic E-state index is 12.4. The third-order valence-electron chi connectivity index (χ3n) is 2.94. The highest BCUT2D eigenvalue weighted by Crippen LogP contribution is 2.28. The van der Waals surface area contributed by atoms with Gasteiger partial charge in [0.1, 0.15) is 6.54 Å². The Morgan fingerprint density at radius 1 is 1.21 bits per heavy atom. The number of amides is 2. The van der Waals surface area contributed by atoms with E-state index in [1.807, 2.05) is 27.7 Å². The minimum atomic E-state index is -0.998. The summed E-state index contributed by atoms with van der Waals surface area (Å²) in [4.78, 5) is 26.2. The number of carboxylic acids is 1. The quantitative estimate of drug-likeness (QED) is 0.843. The van der Waals surface area contributed by atoms with Crippen molar-refractivity contribution in [2.24, 2.45) is 0 Å². The molecule has 0 aliphatic carbocycles. The first-order valence-corrected chi connectivity index (χ1v) is 6.52. The summed E-state index contributed by atoms with van der Waals surface area (Å²) in [6, 6.07) is -0.241. The second kappa shape index (κ2) is 5.36. The molecule has 1 saturated heterocycles. The summed E-state index contributed by atoms with van der Waals surface area (Å²) in [6.07, 6.45) is 0. The fraction of sp³-hybridized carbons (Fsp3) is 0.846. The molecule has 0 bridgehead atoms. The van der Waals surface area contributed by atoms with Crippen LogP contribution in [0.2, 0.25) is 0 Å². The summed E-state index contributed by atoms with van der Waals surface area (Å²) < 4.78 is 5.91. The Morgan fingerprint density at radius 3 is 2.05 bits per heavy atom. The summed E-state index contributed by atoms with van der Waals surface area (Å²) in [5, 5.41) is 8.83. The third-order valence-corrected chi connectivity index (χ3v) is 2.94. The number of hydrogen-bond acceptors (Lipinski definition) is 3. The number of carbonyl (C=O) groups is 2. The zero-order chi connectivity index (χ0) is 14.8. The Bertz CT molecular complexity index is 350. The van der Waals surface area contributed by atoms with Gasteiger partial charge in [0.05, 0.1) is 24.3 Å². The molecular weight excluding hydrogens is 248 g/mol. The van der Waals surface area contributed by atoms with Crippen LogP contribution in [0.3, 0.4) is 0 Å². The van der Waals surface area contributed by atoms with Gasteiger partial charge in [-0.3, -0.25) is 4.79 Å². The lowest BCUT2D eigenvalue weighted by atomic mass is 9.99. The molecule has 6 nitrogen and oxygen atoms in total. The molecule has 0 aromatic heterocycles. The lowest BCUT2D eigenvalue weighted by Crippen LogP contribution is -2.61. The van der Waals surface area contributed by atoms with Gasteiger partial charge in [-0.2, -0.15) is 0 Å². The largest absolute Gasteiger partial charge is 0.480 e. The van der Waals surface area contributed by atoms with Crippen LogP contribution in [0, 0.1) is 0 Å². The topological polar surface area (TPSA) is 70.1 Å². The first-order chi connectivity index (χ1) is 8.56. The summed E-state index contributed by atoms with van der Waals surface area (Å²) in [6.45, 7) is 10.5. The Hall–Kier alpha value is -1.30. The highest BCUT2D eigenvalue weighted by molar-refractivity contribution is 5.80. The Labute approximate surface area is 114 Å². The minimum Gasteiger partial charge on any atom is -0.480 e. The Morgan fingerprint density at radius 2 is 1.68 bits per heavy atom. The molecule has 1 fully saturated rings. The van der Waals surface area contributed by atoms with Gasteiger partial charge >= 0.3 is 12.0 Å². The number of carbonyl (C=O) groups excluding carboxylic acids is 1. The van der Waals surface area contributed by atoms with Crippen LogP contribution in [0.25, 0.3) is 0 Å². The Kier molecular flexibility index (Phi) is 4.45. The molecule has 1 N–H and O–H groups in total. The molecule has 0 aromatic carbocycles. The zero-order valence-corrected chi connectivity index (χ0v) is 12.4. The molecule has 1 aliphatic rings. The van der Waals surface area contributed by atoms with Gasteiger partial charge in [0.25, 0.3) is 0 Å². The van der Waals surface area contributed by atoms with Crippen LogP contribution in [0.15, 0.2) is 0 Å². The number of urea groups is 1. The maximum Gasteiger partial charge on any atom is 0.323 e. The molecular formula is C13H24N2O4. The van der Waals surface area contributed by atoms with E-state index in [4.69, 9.17) is 9.84 Å². The molecule has 2 amide bonds. The Balaban J connectivity index is 2.82. The van der Waals surface area contributed by atoms with Crippen molar-refractivity contribution in [2.45, 2.75) is 45.8 Å². The van der Waals surface area contributed by atoms with Crippen LogP contribution in [-0.4, -0.2) is 64.3 Å². The zero-order valence-electron chi connectivity index (χ0n) is 12.4. The van der Waals surface area contributed by atoms with Crippen LogP contribution in [0.1, 0.15) is 34.6 Å². The third kappa shape index (κ3) is 4.38. The smallest absolute Gasteiger partial charge is 0.323 e. The van der Waals surface area contributed by atoms with Crippen LogP contribution < -0.4 is 0 Å². The number of likely N-dealkylation sites (N-methyl/N-ethyl adjacent to an activating group) is 1. The van der Waals surface area contributed by atoms with E-state index in [1.165, 1.54) is 4.90 Å². The van der Waals surface area contributed by atoms with E-state index in [0.717, 1.165) is 0 Å². The molecule has 0 radical (unpaired) electrons. The average molecular weight is 272 g/mol. The first kappa shape index (κ1) is 15.8. The van der Waals surface area contributed by atoms with Crippen molar-refractivity contribution in [1.82, 2.24) is 9.80 Å². The molecule has 1 rings (SSSR count). The molecule has 0 unspecified atom stereocenters. The van der Waals surface area contributed by atoms with Gasteiger partial charge in [0.15, 0.2) is 0 Å². The minimum absolute atomic E-state index is 0.241. The molecule has 1 aliphatic heterocycles. The SMILES string of the molecule is CCN(CC(=O)O)C(=O)N1CC(C)(C)OC(C)(C)C1. The number of nitrogens with zero attached hydrogens (tertiary/aromatic N) is 2. The molecule has 0 atom stereocenters. The van der Waals surface area contributed by atoms with Crippen molar-refractivity contribution in [3.63, 3.8) is 0 Å². The van der Waals surface area contributed by atoms with E-state index >= 15 is 0 Å². The van der Waals surface area contributed by atoms with Crippen molar-refractivity contribution in [3.05, 3.63) is 0 Å². The lowest BCUT2D eigenvalue weighted by Gasteiger charge is -2.47. The van der Waals surface area contributed by atoms with Gasteiger partial charge in [-0.05, 0) is 34.6 Å². The van der Waals surface area contributed by atoms with E-state index in [-0.39, 0.29) is 12.6 Å². The van der Waals surface area contributed by atoms with Crippen LogP contribution in [-0.2, 0) is 9.53 Å². The van der Waals surface area contributed by atoms with Crippen molar-refractivity contribution in [3.8, 4) is 0 Å². The number of rotatable bonds is 3. The summed E-state index contributed by atoms with van der Waals surface area (Å²) >= 11 is 0. The molecule has 0 aromatic rings. The fourth-order valence-corrected chi connectivity index (χ4v) is 2.60. The second-order valence-corrected chi connectivity index (χ2v) is 6.17. The van der Waals surface area contributed by atoms with E-state index in [1.54, 1.807) is 11.8 Å². The van der Waals surface area contributed by atoms with E-state index in [9.17, 15) is 9.59 Å². The van der Waals surface area contributed by atoms with Crippen LogP contribution >= 0.6 is 0 Å². The normalized spacial score (nSPS) is 21.0. The van der Waals surface area contributed by atoms with Gasteiger partial charge in [0, 0.05) is 6.54 Å². The van der Waals surface area contributed by atoms with Crippen molar-refractivity contribution in [2.75, 3.05) is 26.2 Å². The van der Waals surface area contributed by atoms with Crippen molar-refractivity contribution >= 4 is 12.0 Å². The molecule has 110 valence electrons. The summed E-state index contributed by atoms with van der Waals surface area (Å²) in [5.74, 6) is -0.998. The van der Waals surface area contributed by atoms with Crippen LogP contribution in [0.5, 0.6) is 0 Å². The van der Waals surface area contributed by atoms with Gasteiger partial charge in [-0.15, -0.1) is 0 Å². The molecule has 19 heavy (non-hydrogen) atoms. The predicted molar refractivity (Wildman–Crippen MR) is 71.1 cm³/mol. The van der Waals surface area contributed by atoms with Crippen molar-refractivity contribution in [1.29, 1.82) is 0 Å². The van der Waals surface area contributed by atoms with Crippen molar-refractivity contribution < 1.29 is 19.4 Å². The van der Waals surface area contributed by atoms with Gasteiger partial charge in [-0.25, -0.2) is 4.79 Å². The molecule has 6 heteroatoms. The van der Waals surface area contributed by atoms with Gasteiger partial charge in [0.2, 0.25) is 0 Å². The number of carboxylic acid groups (broad SMARTS) is 1. The number of ether oxygens (including phenoxy) is 1. The maximum absolute atomic E-state index is 12.4. The van der Waals surface area contributed by atoms with E-state index < -0.39 is 17.2 Å². The molecule has 1 heterocycles. The first-order valence-electron chi connectivity index (χ1n) is 6.52. The highest BCUT2D eigenvalue weighted by atomic mass is 16.5. The monoisotopic (exact) mass is 272 g/mol. The lowest BCUT2D eigenvalue weighted by molar-refractivity contribution is -0.172. The standard InChI is InChI=1S/C13H24N2O4/c1-6-14(7-10(16)17)11(18)15-8-12(2,3)19-13(4,5)9-15/h6-9H2,1-5H3,(H,16,17). The highest BCUT2D eigenvalue weighted by Gasteiger charge is 2.41. The summed E-state index contributed by atoms with van der Waals surface area (Å²) in [7, 11) is 0. The van der Waals surface area contributed by atoms with Gasteiger partial charge < -0.3 is 19.6 Å². The number of aliphatic carboxylic acids is 1. The van der Waals surface area contributed by atoms with Crippen LogP contribution in [0.4, 0.5) is 4.79 Å². The number of morpholine rings is 1. The average Bonchev–Trinajstić information content (AvgIpc) is 2.20. The molecule has 0 saturated carbocycles. The predicted octanol–water partition coefficient (Wildman–Crippen LogP) is 1.40. The second-order valence-electron chi connectivity index (χ2n) is 6.17. The van der Waals surface area contributed by atoms with Gasteiger partial charge in [-0.1, -0.05) is 0 Å². The summed E-state index contributed by atoms with van der Waals surface area (Å²) in [5.41, 5.74) is -0.861. The number of hydrogen-bond donors (Lipinski definition) is 1.